The minimum absolute atomic E-state index is 0.0296. The van der Waals surface area contributed by atoms with Crippen LogP contribution in [0.2, 0.25) is 0 Å². The smallest absolute Gasteiger partial charge is 0.305 e. The Morgan fingerprint density at radius 3 is 2.14 bits per heavy atom. The van der Waals surface area contributed by atoms with E-state index in [2.05, 4.69) is 41.5 Å². The number of carbonyl (C=O) groups excluding carboxylic acids is 1. The summed E-state index contributed by atoms with van der Waals surface area (Å²) >= 11 is 0. The van der Waals surface area contributed by atoms with E-state index in [1.807, 2.05) is 0 Å². The number of hydrogen-bond acceptors (Lipinski definition) is 2. The van der Waals surface area contributed by atoms with E-state index in [0.717, 1.165) is 41.9 Å². The van der Waals surface area contributed by atoms with Crippen LogP contribution in [-0.4, -0.2) is 12.6 Å². The van der Waals surface area contributed by atoms with Crippen LogP contribution in [0, 0.1) is 58.2 Å². The van der Waals surface area contributed by atoms with Crippen molar-refractivity contribution in [2.75, 3.05) is 6.61 Å². The predicted molar refractivity (Wildman–Crippen MR) is 179 cm³/mol. The number of rotatable bonds is 17. The number of unbranched alkanes of at least 4 members (excludes halogenated alkanes) is 8. The first kappa shape index (κ1) is 34.3. The van der Waals surface area contributed by atoms with E-state index in [0.29, 0.717) is 35.7 Å². The molecule has 0 N–H and O–H groups in total. The molecule has 4 aliphatic rings. The van der Waals surface area contributed by atoms with E-state index in [1.54, 1.807) is 6.42 Å². The van der Waals surface area contributed by atoms with E-state index >= 15 is 0 Å². The second kappa shape index (κ2) is 16.2. The molecule has 0 aromatic rings. The first-order chi connectivity index (χ1) is 20.2. The second-order valence-electron chi connectivity index (χ2n) is 16.9. The first-order valence-electron chi connectivity index (χ1n) is 19.4. The number of ether oxygens (including phenoxy) is 1. The molecule has 42 heavy (non-hydrogen) atoms. The summed E-state index contributed by atoms with van der Waals surface area (Å²) in [5.74, 6) is 6.90. The Labute approximate surface area is 262 Å². The van der Waals surface area contributed by atoms with Crippen molar-refractivity contribution in [3.05, 3.63) is 0 Å². The van der Waals surface area contributed by atoms with Crippen LogP contribution in [0.3, 0.4) is 0 Å². The Balaban J connectivity index is 1.13. The Hall–Kier alpha value is -0.530. The fraction of sp³-hybridized carbons (Fsp3) is 0.975. The van der Waals surface area contributed by atoms with Crippen molar-refractivity contribution in [2.24, 2.45) is 58.2 Å². The maximum absolute atomic E-state index is 12.4. The van der Waals surface area contributed by atoms with Gasteiger partial charge < -0.3 is 4.74 Å². The molecule has 2 heteroatoms. The fourth-order valence-electron chi connectivity index (χ4n) is 11.3. The zero-order valence-corrected chi connectivity index (χ0v) is 29.2. The molecule has 0 amide bonds. The molecule has 0 aromatic carbocycles. The van der Waals surface area contributed by atoms with Crippen LogP contribution in [0.1, 0.15) is 183 Å². The van der Waals surface area contributed by atoms with Crippen LogP contribution in [0.15, 0.2) is 0 Å². The van der Waals surface area contributed by atoms with Gasteiger partial charge >= 0.3 is 5.97 Å². The van der Waals surface area contributed by atoms with E-state index < -0.39 is 0 Å². The van der Waals surface area contributed by atoms with Crippen LogP contribution in [-0.2, 0) is 9.53 Å². The SMILES string of the molecule is CCCCCCCCCCCC(=O)OCC(C)C(C)CCC(C)[C@H]1CC[C@H]2[C@@H]3CCC4CCCC[C@]4(C)[C@H]3CC[C@]12C. The van der Waals surface area contributed by atoms with Crippen LogP contribution in [0.5, 0.6) is 0 Å². The topological polar surface area (TPSA) is 26.3 Å². The fourth-order valence-corrected chi connectivity index (χ4v) is 11.3. The van der Waals surface area contributed by atoms with Gasteiger partial charge in [-0.1, -0.05) is 119 Å². The Kier molecular flexibility index (Phi) is 13.2. The van der Waals surface area contributed by atoms with Gasteiger partial charge in [-0.05, 0) is 116 Å². The minimum Gasteiger partial charge on any atom is -0.465 e. The molecule has 0 spiro atoms. The predicted octanol–water partition coefficient (Wildman–Crippen LogP) is 12.2. The summed E-state index contributed by atoms with van der Waals surface area (Å²) in [7, 11) is 0. The van der Waals surface area contributed by atoms with Crippen molar-refractivity contribution >= 4 is 5.97 Å². The third-order valence-electron chi connectivity index (χ3n) is 14.4. The van der Waals surface area contributed by atoms with E-state index in [9.17, 15) is 4.79 Å². The maximum atomic E-state index is 12.4. The van der Waals surface area contributed by atoms with E-state index in [-0.39, 0.29) is 5.97 Å². The quantitative estimate of drug-likeness (QED) is 0.125. The van der Waals surface area contributed by atoms with E-state index in [1.165, 1.54) is 122 Å². The Morgan fingerprint density at radius 2 is 1.40 bits per heavy atom. The van der Waals surface area contributed by atoms with Gasteiger partial charge in [0.05, 0.1) is 6.61 Å². The lowest BCUT2D eigenvalue weighted by molar-refractivity contribution is -0.145. The third-order valence-corrected chi connectivity index (χ3v) is 14.4. The van der Waals surface area contributed by atoms with Crippen molar-refractivity contribution in [2.45, 2.75) is 183 Å². The summed E-state index contributed by atoms with van der Waals surface area (Å²) in [6.45, 7) is 15.6. The molecular formula is C40H72O2. The molecule has 0 aliphatic heterocycles. The average molecular weight is 585 g/mol. The molecule has 2 nitrogen and oxygen atoms in total. The summed E-state index contributed by atoms with van der Waals surface area (Å²) in [6.07, 6.45) is 29.9. The summed E-state index contributed by atoms with van der Waals surface area (Å²) in [5.41, 5.74) is 1.24. The summed E-state index contributed by atoms with van der Waals surface area (Å²) in [5, 5.41) is 0. The summed E-state index contributed by atoms with van der Waals surface area (Å²) < 4.78 is 5.75. The summed E-state index contributed by atoms with van der Waals surface area (Å²) in [6, 6.07) is 0. The molecule has 0 heterocycles. The van der Waals surface area contributed by atoms with Crippen LogP contribution in [0.4, 0.5) is 0 Å². The highest BCUT2D eigenvalue weighted by atomic mass is 16.5. The van der Waals surface area contributed by atoms with Crippen molar-refractivity contribution in [3.8, 4) is 0 Å². The zero-order valence-electron chi connectivity index (χ0n) is 29.2. The number of esters is 1. The maximum Gasteiger partial charge on any atom is 0.305 e. The van der Waals surface area contributed by atoms with Crippen molar-refractivity contribution < 1.29 is 9.53 Å². The molecule has 0 saturated heterocycles. The molecular weight excluding hydrogens is 512 g/mol. The molecule has 244 valence electrons. The van der Waals surface area contributed by atoms with Crippen molar-refractivity contribution in [1.82, 2.24) is 0 Å². The molecule has 0 radical (unpaired) electrons. The van der Waals surface area contributed by atoms with E-state index in [4.69, 9.17) is 4.74 Å². The first-order valence-corrected chi connectivity index (χ1v) is 19.4. The highest BCUT2D eigenvalue weighted by molar-refractivity contribution is 5.69. The molecule has 10 atom stereocenters. The van der Waals surface area contributed by atoms with Gasteiger partial charge in [-0.3, -0.25) is 4.79 Å². The molecule has 4 unspecified atom stereocenters. The minimum atomic E-state index is 0.0296. The number of hydrogen-bond donors (Lipinski definition) is 0. The molecule has 4 aliphatic carbocycles. The molecule has 0 aromatic heterocycles. The normalized spacial score (nSPS) is 36.4. The number of carbonyl (C=O) groups is 1. The lowest BCUT2D eigenvalue weighted by atomic mass is 9.44. The standard InChI is InChI=1S/C40H72O2/c1-7-8-9-10-11-12-13-14-15-19-38(41)42-29-32(4)30(2)20-21-31(3)35-24-25-36-34-23-22-33-18-16-17-27-39(33,5)37(34)26-28-40(35,36)6/h30-37H,7-29H2,1-6H3/t30?,31?,32?,33?,34-,35+,36-,37-,39-,40+/m0/s1. The third kappa shape index (κ3) is 8.19. The Bertz CT molecular complexity index is 805. The van der Waals surface area contributed by atoms with Crippen molar-refractivity contribution in [3.63, 3.8) is 0 Å². The van der Waals surface area contributed by atoms with Gasteiger partial charge in [0.1, 0.15) is 0 Å². The molecule has 4 rings (SSSR count). The average Bonchev–Trinajstić information content (AvgIpc) is 3.34. The highest BCUT2D eigenvalue weighted by Crippen LogP contribution is 2.68. The zero-order chi connectivity index (χ0) is 30.2. The summed E-state index contributed by atoms with van der Waals surface area (Å²) in [4.78, 5) is 12.4. The van der Waals surface area contributed by atoms with Gasteiger partial charge in [0, 0.05) is 6.42 Å². The largest absolute Gasteiger partial charge is 0.465 e. The van der Waals surface area contributed by atoms with Gasteiger partial charge in [-0.15, -0.1) is 0 Å². The Morgan fingerprint density at radius 1 is 0.714 bits per heavy atom. The lowest BCUT2D eigenvalue weighted by Gasteiger charge is -2.61. The van der Waals surface area contributed by atoms with Crippen LogP contribution >= 0.6 is 0 Å². The highest BCUT2D eigenvalue weighted by Gasteiger charge is 2.60. The monoisotopic (exact) mass is 585 g/mol. The number of fused-ring (bicyclic) bond motifs is 5. The van der Waals surface area contributed by atoms with Gasteiger partial charge in [0.25, 0.3) is 0 Å². The van der Waals surface area contributed by atoms with Gasteiger partial charge in [0.15, 0.2) is 0 Å². The van der Waals surface area contributed by atoms with Crippen LogP contribution in [0.25, 0.3) is 0 Å². The molecule has 4 saturated carbocycles. The van der Waals surface area contributed by atoms with Gasteiger partial charge in [0.2, 0.25) is 0 Å². The van der Waals surface area contributed by atoms with Gasteiger partial charge in [-0.2, -0.15) is 0 Å². The lowest BCUT2D eigenvalue weighted by Crippen LogP contribution is -2.53. The van der Waals surface area contributed by atoms with Gasteiger partial charge in [-0.25, -0.2) is 0 Å². The van der Waals surface area contributed by atoms with Crippen molar-refractivity contribution in [1.29, 1.82) is 0 Å². The second-order valence-corrected chi connectivity index (χ2v) is 16.9. The van der Waals surface area contributed by atoms with Crippen LogP contribution < -0.4 is 0 Å². The molecule has 0 bridgehead atoms. The molecule has 4 fully saturated rings.